The first-order chi connectivity index (χ1) is 12.0. The number of carbonyl (C=O) groups excluding carboxylic acids is 1. The van der Waals surface area contributed by atoms with Crippen molar-refractivity contribution < 1.29 is 13.9 Å². The van der Waals surface area contributed by atoms with Crippen LogP contribution in [0.1, 0.15) is 25.7 Å². The van der Waals surface area contributed by atoms with E-state index in [1.54, 1.807) is 24.7 Å². The Morgan fingerprint density at radius 2 is 2.12 bits per heavy atom. The van der Waals surface area contributed by atoms with Crippen LogP contribution in [0, 0.1) is 11.2 Å². The Balaban J connectivity index is 1.24. The van der Waals surface area contributed by atoms with Crippen molar-refractivity contribution >= 4 is 23.2 Å². The summed E-state index contributed by atoms with van der Waals surface area (Å²) in [6.45, 7) is -0.0482. The lowest BCUT2D eigenvalue weighted by molar-refractivity contribution is -0.147. The first-order valence-corrected chi connectivity index (χ1v) is 8.49. The molecule has 2 aromatic rings. The fourth-order valence-corrected chi connectivity index (χ4v) is 4.27. The second-order valence-corrected chi connectivity index (χ2v) is 7.51. The number of ketones is 1. The van der Waals surface area contributed by atoms with E-state index in [9.17, 15) is 9.18 Å². The Labute approximate surface area is 149 Å². The van der Waals surface area contributed by atoms with Gasteiger partial charge in [0.1, 0.15) is 24.0 Å². The molecule has 1 heterocycles. The van der Waals surface area contributed by atoms with Gasteiger partial charge in [-0.1, -0.05) is 11.6 Å². The minimum atomic E-state index is -0.553. The third-order valence-corrected chi connectivity index (χ3v) is 5.27. The Morgan fingerprint density at radius 3 is 2.80 bits per heavy atom. The van der Waals surface area contributed by atoms with Crippen molar-refractivity contribution in [2.24, 2.45) is 5.41 Å². The second-order valence-electron chi connectivity index (χ2n) is 7.11. The number of nitrogens with zero attached hydrogens (tertiary/aromatic N) is 2. The molecule has 0 radical (unpaired) electrons. The quantitative estimate of drug-likeness (QED) is 0.815. The van der Waals surface area contributed by atoms with Crippen LogP contribution in [0.2, 0.25) is 5.02 Å². The number of ether oxygens (including phenoxy) is 1. The van der Waals surface area contributed by atoms with Crippen molar-refractivity contribution in [1.82, 2.24) is 9.97 Å². The summed E-state index contributed by atoms with van der Waals surface area (Å²) >= 11 is 5.62. The lowest BCUT2D eigenvalue weighted by atomic mass is 9.38. The van der Waals surface area contributed by atoms with E-state index in [0.29, 0.717) is 12.2 Å². The van der Waals surface area contributed by atoms with Crippen LogP contribution in [0.15, 0.2) is 36.8 Å². The highest BCUT2D eigenvalue weighted by Gasteiger charge is 2.68. The Hall–Kier alpha value is -2.21. The van der Waals surface area contributed by atoms with Crippen molar-refractivity contribution in [2.45, 2.75) is 31.2 Å². The van der Waals surface area contributed by atoms with Gasteiger partial charge in [-0.15, -0.1) is 0 Å². The zero-order chi connectivity index (χ0) is 17.5. The molecule has 1 aromatic carbocycles. The third-order valence-electron chi connectivity index (χ3n) is 4.96. The van der Waals surface area contributed by atoms with E-state index in [0.717, 1.165) is 25.1 Å². The molecule has 0 amide bonds. The fraction of sp³-hybridized carbons (Fsp3) is 0.389. The topological polar surface area (TPSA) is 64.1 Å². The van der Waals surface area contributed by atoms with E-state index in [4.69, 9.17) is 16.3 Å². The molecule has 1 aromatic heterocycles. The highest BCUT2D eigenvalue weighted by atomic mass is 35.5. The first-order valence-electron chi connectivity index (χ1n) is 8.12. The molecule has 0 unspecified atom stereocenters. The zero-order valence-electron chi connectivity index (χ0n) is 13.5. The Kier molecular flexibility index (Phi) is 3.87. The van der Waals surface area contributed by atoms with Gasteiger partial charge in [-0.25, -0.2) is 9.37 Å². The molecule has 0 spiro atoms. The van der Waals surface area contributed by atoms with Crippen molar-refractivity contribution in [3.8, 4) is 5.75 Å². The van der Waals surface area contributed by atoms with E-state index in [1.807, 2.05) is 0 Å². The highest BCUT2D eigenvalue weighted by molar-refractivity contribution is 6.30. The molecule has 0 aliphatic heterocycles. The highest BCUT2D eigenvalue weighted by Crippen LogP contribution is 2.69. The van der Waals surface area contributed by atoms with Crippen molar-refractivity contribution in [3.05, 3.63) is 47.6 Å². The zero-order valence-corrected chi connectivity index (χ0v) is 14.2. The summed E-state index contributed by atoms with van der Waals surface area (Å²) in [4.78, 5) is 20.5. The summed E-state index contributed by atoms with van der Waals surface area (Å²) in [5.41, 5.74) is 0.150. The molecule has 3 aliphatic carbocycles. The summed E-state index contributed by atoms with van der Waals surface area (Å²) < 4.78 is 18.7. The van der Waals surface area contributed by atoms with Crippen molar-refractivity contribution in [2.75, 3.05) is 11.9 Å². The predicted octanol–water partition coefficient (Wildman–Crippen LogP) is 3.64. The van der Waals surface area contributed by atoms with E-state index in [1.165, 1.54) is 12.1 Å². The molecule has 5 rings (SSSR count). The van der Waals surface area contributed by atoms with Crippen LogP contribution >= 0.6 is 11.6 Å². The summed E-state index contributed by atoms with van der Waals surface area (Å²) in [5.74, 6) is 0.565. The van der Waals surface area contributed by atoms with Crippen LogP contribution < -0.4 is 10.1 Å². The van der Waals surface area contributed by atoms with E-state index >= 15 is 0 Å². The van der Waals surface area contributed by atoms with Crippen LogP contribution in [0.25, 0.3) is 0 Å². The molecule has 2 bridgehead atoms. The second kappa shape index (κ2) is 5.95. The molecular weight excluding hydrogens is 345 g/mol. The molecular formula is C18H17ClFN3O2. The van der Waals surface area contributed by atoms with Crippen LogP contribution in [0.5, 0.6) is 5.75 Å². The smallest absolute Gasteiger partial charge is 0.170 e. The van der Waals surface area contributed by atoms with Gasteiger partial charge >= 0.3 is 0 Å². The van der Waals surface area contributed by atoms with Gasteiger partial charge in [-0.3, -0.25) is 9.78 Å². The summed E-state index contributed by atoms with van der Waals surface area (Å²) in [6, 6.07) is 4.16. The Bertz CT molecular complexity index is 795. The lowest BCUT2D eigenvalue weighted by Gasteiger charge is -2.70. The number of rotatable bonds is 7. The SMILES string of the molecule is O=C(COc1ccc(Cl)c(F)c1)CC12CC(Nc3cnccn3)(C1)C2. The van der Waals surface area contributed by atoms with Crippen LogP contribution in [-0.2, 0) is 4.79 Å². The maximum atomic E-state index is 13.4. The minimum absolute atomic E-state index is 0.0307. The molecule has 3 fully saturated rings. The van der Waals surface area contributed by atoms with Crippen LogP contribution in [-0.4, -0.2) is 27.9 Å². The van der Waals surface area contributed by atoms with Gasteiger partial charge in [0.25, 0.3) is 0 Å². The maximum Gasteiger partial charge on any atom is 0.170 e. The van der Waals surface area contributed by atoms with Gasteiger partial charge in [-0.2, -0.15) is 0 Å². The number of aromatic nitrogens is 2. The molecule has 0 atom stereocenters. The molecule has 5 nitrogen and oxygen atoms in total. The molecule has 1 N–H and O–H groups in total. The number of hydrogen-bond donors (Lipinski definition) is 1. The molecule has 3 aliphatic rings. The number of Topliss-reactive ketones (excluding diaryl/α,β-unsaturated/α-hetero) is 1. The molecule has 3 saturated carbocycles. The maximum absolute atomic E-state index is 13.4. The first kappa shape index (κ1) is 16.3. The number of benzene rings is 1. The lowest BCUT2D eigenvalue weighted by Crippen LogP contribution is -2.71. The van der Waals surface area contributed by atoms with Crippen LogP contribution in [0.3, 0.4) is 0 Å². The normalized spacial score (nSPS) is 26.3. The van der Waals surface area contributed by atoms with E-state index < -0.39 is 5.82 Å². The third kappa shape index (κ3) is 3.18. The van der Waals surface area contributed by atoms with Crippen LogP contribution in [0.4, 0.5) is 10.2 Å². The number of carbonyl (C=O) groups is 1. The molecule has 0 saturated heterocycles. The number of hydrogen-bond acceptors (Lipinski definition) is 5. The minimum Gasteiger partial charge on any atom is -0.486 e. The average molecular weight is 362 g/mol. The number of nitrogens with one attached hydrogen (secondary N) is 1. The van der Waals surface area contributed by atoms with Gasteiger partial charge in [-0.05, 0) is 36.8 Å². The Morgan fingerprint density at radius 1 is 1.32 bits per heavy atom. The van der Waals surface area contributed by atoms with Gasteiger partial charge in [0.05, 0.1) is 11.2 Å². The van der Waals surface area contributed by atoms with Gasteiger partial charge in [0.15, 0.2) is 5.78 Å². The van der Waals surface area contributed by atoms with Crippen molar-refractivity contribution in [3.63, 3.8) is 0 Å². The summed E-state index contributed by atoms with van der Waals surface area (Å²) in [5, 5.41) is 3.45. The monoisotopic (exact) mass is 361 g/mol. The average Bonchev–Trinajstić information content (AvgIpc) is 2.54. The largest absolute Gasteiger partial charge is 0.486 e. The van der Waals surface area contributed by atoms with Gasteiger partial charge < -0.3 is 10.1 Å². The van der Waals surface area contributed by atoms with E-state index in [-0.39, 0.29) is 28.4 Å². The summed E-state index contributed by atoms with van der Waals surface area (Å²) in [7, 11) is 0. The van der Waals surface area contributed by atoms with Crippen molar-refractivity contribution in [1.29, 1.82) is 0 Å². The van der Waals surface area contributed by atoms with E-state index in [2.05, 4.69) is 15.3 Å². The molecule has 130 valence electrons. The van der Waals surface area contributed by atoms with Gasteiger partial charge in [0.2, 0.25) is 0 Å². The molecule has 25 heavy (non-hydrogen) atoms. The standard InChI is InChI=1S/C18H17ClFN3O2/c19-14-2-1-13(5-15(14)20)25-8-12(24)6-17-9-18(10-17,11-17)23-16-7-21-3-4-22-16/h1-5,7H,6,8-11H2,(H,22,23). The number of halogens is 2. The predicted molar refractivity (Wildman–Crippen MR) is 91.2 cm³/mol. The fourth-order valence-electron chi connectivity index (χ4n) is 4.15. The van der Waals surface area contributed by atoms with Gasteiger partial charge in [0, 0.05) is 30.4 Å². The number of anilines is 1. The molecule has 7 heteroatoms. The summed E-state index contributed by atoms with van der Waals surface area (Å²) in [6.07, 6.45) is 8.36.